The number of nitrogens with zero attached hydrogens (tertiary/aromatic N) is 2. The van der Waals surface area contributed by atoms with E-state index in [1.165, 1.54) is 24.0 Å². The lowest BCUT2D eigenvalue weighted by atomic mass is 9.82. The van der Waals surface area contributed by atoms with Crippen LogP contribution >= 0.6 is 0 Å². The first-order chi connectivity index (χ1) is 12.1. The van der Waals surface area contributed by atoms with Crippen LogP contribution in [0.4, 0.5) is 18.0 Å². The summed E-state index contributed by atoms with van der Waals surface area (Å²) in [6.07, 6.45) is -4.40. The highest BCUT2D eigenvalue weighted by molar-refractivity contribution is 5.81. The molecule has 1 N–H and O–H groups in total. The molecule has 5 nitrogen and oxygen atoms in total. The number of rotatable bonds is 2. The number of alkyl halides is 3. The average Bonchev–Trinajstić information content (AvgIpc) is 2.57. The highest BCUT2D eigenvalue weighted by atomic mass is 19.4. The smallest absolute Gasteiger partial charge is 0.389 e. The molecule has 2 fully saturated rings. The van der Waals surface area contributed by atoms with Gasteiger partial charge < -0.3 is 14.9 Å². The van der Waals surface area contributed by atoms with Crippen molar-refractivity contribution < 1.29 is 27.9 Å². The number of amides is 2. The van der Waals surface area contributed by atoms with Gasteiger partial charge in [0.1, 0.15) is 5.78 Å². The van der Waals surface area contributed by atoms with Gasteiger partial charge in [0.25, 0.3) is 0 Å². The van der Waals surface area contributed by atoms with Gasteiger partial charge in [-0.1, -0.05) is 12.1 Å². The zero-order valence-electron chi connectivity index (χ0n) is 14.4. The summed E-state index contributed by atoms with van der Waals surface area (Å²) in [6, 6.07) is 4.67. The van der Waals surface area contributed by atoms with Gasteiger partial charge in [0.2, 0.25) is 0 Å². The Morgan fingerprint density at radius 1 is 1.04 bits per heavy atom. The summed E-state index contributed by atoms with van der Waals surface area (Å²) in [4.78, 5) is 27.5. The molecule has 26 heavy (non-hydrogen) atoms. The third-order valence-electron chi connectivity index (χ3n) is 5.14. The summed E-state index contributed by atoms with van der Waals surface area (Å²) in [6.45, 7) is 2.66. The number of aliphatic hydroxyl groups is 1. The number of aliphatic hydroxyl groups excluding tert-OH is 1. The molecule has 2 amide bonds. The Morgan fingerprint density at radius 3 is 2.12 bits per heavy atom. The molecule has 0 aromatic heterocycles. The molecule has 2 heterocycles. The van der Waals surface area contributed by atoms with E-state index in [1.807, 2.05) is 0 Å². The highest BCUT2D eigenvalue weighted by Crippen LogP contribution is 2.34. The van der Waals surface area contributed by atoms with Crippen molar-refractivity contribution in [2.45, 2.75) is 31.5 Å². The molecule has 0 aliphatic carbocycles. The number of carbonyl (C=O) groups is 2. The number of urea groups is 1. The number of Topliss-reactive ketones (excluding diaryl/α,β-unsaturated/α-hetero) is 1. The maximum absolute atomic E-state index is 12.7. The molecule has 2 aliphatic heterocycles. The number of halogens is 3. The summed E-state index contributed by atoms with van der Waals surface area (Å²) in [7, 11) is 0. The molecule has 0 spiro atoms. The van der Waals surface area contributed by atoms with Gasteiger partial charge in [-0.3, -0.25) is 4.79 Å². The molecule has 0 saturated carbocycles. The van der Waals surface area contributed by atoms with Crippen molar-refractivity contribution in [3.8, 4) is 0 Å². The van der Waals surface area contributed by atoms with E-state index in [0.29, 0.717) is 25.1 Å². The summed E-state index contributed by atoms with van der Waals surface area (Å²) >= 11 is 0. The number of carbonyl (C=O) groups excluding carboxylic acids is 2. The molecule has 142 valence electrons. The van der Waals surface area contributed by atoms with Crippen molar-refractivity contribution in [1.82, 2.24) is 9.80 Å². The predicted molar refractivity (Wildman–Crippen MR) is 87.5 cm³/mol. The molecule has 2 aliphatic rings. The molecule has 0 bridgehead atoms. The summed E-state index contributed by atoms with van der Waals surface area (Å²) in [5.41, 5.74) is -0.0342. The first-order valence-corrected chi connectivity index (χ1v) is 8.54. The molecule has 1 aromatic carbocycles. The zero-order chi connectivity index (χ0) is 19.1. The highest BCUT2D eigenvalue weighted by Gasteiger charge is 2.38. The van der Waals surface area contributed by atoms with Crippen LogP contribution in [0.3, 0.4) is 0 Å². The minimum Gasteiger partial charge on any atom is -0.389 e. The van der Waals surface area contributed by atoms with Gasteiger partial charge in [-0.2, -0.15) is 13.2 Å². The van der Waals surface area contributed by atoms with Crippen LogP contribution in [0.5, 0.6) is 0 Å². The van der Waals surface area contributed by atoms with Gasteiger partial charge >= 0.3 is 12.2 Å². The van der Waals surface area contributed by atoms with Crippen molar-refractivity contribution in [1.29, 1.82) is 0 Å². The van der Waals surface area contributed by atoms with Gasteiger partial charge in [-0.15, -0.1) is 0 Å². The molecular weight excluding hydrogens is 349 g/mol. The Labute approximate surface area is 149 Å². The number of hydrogen-bond donors (Lipinski definition) is 1. The van der Waals surface area contributed by atoms with Crippen molar-refractivity contribution >= 4 is 11.8 Å². The van der Waals surface area contributed by atoms with E-state index in [9.17, 15) is 27.9 Å². The summed E-state index contributed by atoms with van der Waals surface area (Å²) in [5, 5.41) is 9.37. The lowest BCUT2D eigenvalue weighted by molar-refractivity contribution is -0.137. The average molecular weight is 370 g/mol. The topological polar surface area (TPSA) is 60.9 Å². The van der Waals surface area contributed by atoms with E-state index in [0.717, 1.165) is 12.1 Å². The predicted octanol–water partition coefficient (Wildman–Crippen LogP) is 2.50. The van der Waals surface area contributed by atoms with Crippen LogP contribution in [0.15, 0.2) is 24.3 Å². The molecule has 8 heteroatoms. The lowest BCUT2D eigenvalue weighted by Gasteiger charge is -2.43. The maximum atomic E-state index is 12.7. The second kappa shape index (κ2) is 6.90. The molecule has 3 rings (SSSR count). The Hall–Kier alpha value is -2.09. The number of likely N-dealkylation sites (tertiary alicyclic amines) is 2. The SMILES string of the molecule is CC(=O)C1CC(c2ccc(C(F)(F)F)cc2)CN(C(=O)N2CC(O)C2)C1. The third kappa shape index (κ3) is 3.85. The Morgan fingerprint density at radius 2 is 1.62 bits per heavy atom. The Bertz CT molecular complexity index is 684. The lowest BCUT2D eigenvalue weighted by Crippen LogP contribution is -2.59. The van der Waals surface area contributed by atoms with Crippen LogP contribution in [0.25, 0.3) is 0 Å². The van der Waals surface area contributed by atoms with Gasteiger partial charge in [0.05, 0.1) is 24.8 Å². The molecule has 2 unspecified atom stereocenters. The van der Waals surface area contributed by atoms with Gasteiger partial charge in [-0.05, 0) is 31.0 Å². The first-order valence-electron chi connectivity index (χ1n) is 8.54. The fourth-order valence-corrected chi connectivity index (χ4v) is 3.55. The zero-order valence-corrected chi connectivity index (χ0v) is 14.4. The van der Waals surface area contributed by atoms with E-state index >= 15 is 0 Å². The quantitative estimate of drug-likeness (QED) is 0.870. The van der Waals surface area contributed by atoms with Gasteiger partial charge in [0.15, 0.2) is 0 Å². The molecule has 2 atom stereocenters. The normalized spacial score (nSPS) is 24.3. The van der Waals surface area contributed by atoms with Crippen LogP contribution in [0.2, 0.25) is 0 Å². The number of ketones is 1. The van der Waals surface area contributed by atoms with Crippen molar-refractivity contribution in [2.24, 2.45) is 5.92 Å². The molecular formula is C18H21F3N2O3. The fourth-order valence-electron chi connectivity index (χ4n) is 3.55. The van der Waals surface area contributed by atoms with Crippen molar-refractivity contribution in [3.63, 3.8) is 0 Å². The number of benzene rings is 1. The number of hydrogen-bond acceptors (Lipinski definition) is 3. The monoisotopic (exact) mass is 370 g/mol. The van der Waals surface area contributed by atoms with E-state index in [2.05, 4.69) is 0 Å². The minimum absolute atomic E-state index is 0.0388. The number of β-amino-alcohol motifs (C(OH)–C–C–N with tert-alkyl or cyclic N) is 1. The second-order valence-electron chi connectivity index (χ2n) is 7.11. The first kappa shape index (κ1) is 18.7. The fraction of sp³-hybridized carbons (Fsp3) is 0.556. The molecule has 2 saturated heterocycles. The van der Waals surface area contributed by atoms with Gasteiger partial charge in [-0.25, -0.2) is 4.79 Å². The Balaban J connectivity index is 1.77. The van der Waals surface area contributed by atoms with Crippen LogP contribution < -0.4 is 0 Å². The number of piperidine rings is 1. The van der Waals surface area contributed by atoms with Crippen molar-refractivity contribution in [2.75, 3.05) is 26.2 Å². The molecule has 1 aromatic rings. The summed E-state index contributed by atoms with van der Waals surface area (Å²) < 4.78 is 38.2. The van der Waals surface area contributed by atoms with Crippen LogP contribution in [0, 0.1) is 5.92 Å². The second-order valence-corrected chi connectivity index (χ2v) is 7.11. The van der Waals surface area contributed by atoms with E-state index in [4.69, 9.17) is 0 Å². The van der Waals surface area contributed by atoms with Crippen LogP contribution in [0.1, 0.15) is 30.4 Å². The largest absolute Gasteiger partial charge is 0.416 e. The summed E-state index contributed by atoms with van der Waals surface area (Å²) in [5.74, 6) is -0.579. The third-order valence-corrected chi connectivity index (χ3v) is 5.14. The molecule has 0 radical (unpaired) electrons. The van der Waals surface area contributed by atoms with Crippen LogP contribution in [-0.2, 0) is 11.0 Å². The van der Waals surface area contributed by atoms with E-state index in [1.54, 1.807) is 4.90 Å². The van der Waals surface area contributed by atoms with E-state index < -0.39 is 17.8 Å². The minimum atomic E-state index is -4.40. The standard InChI is InChI=1S/C18H21F3N2O3/c1-11(24)13-6-14(12-2-4-15(5-3-12)18(19,20)21)8-22(7-13)17(26)23-9-16(25)10-23/h2-5,13-14,16,25H,6-10H2,1H3. The maximum Gasteiger partial charge on any atom is 0.416 e. The van der Waals surface area contributed by atoms with E-state index in [-0.39, 0.29) is 36.7 Å². The van der Waals surface area contributed by atoms with Crippen LogP contribution in [-0.4, -0.2) is 59.0 Å². The van der Waals surface area contributed by atoms with Crippen molar-refractivity contribution in [3.05, 3.63) is 35.4 Å². The van der Waals surface area contributed by atoms with Gasteiger partial charge in [0, 0.05) is 24.9 Å². The Kier molecular flexibility index (Phi) is 4.96.